The Morgan fingerprint density at radius 3 is 2.18 bits per heavy atom. The van der Waals surface area contributed by atoms with Gasteiger partial charge >= 0.3 is 0 Å². The number of nitrogens with two attached hydrogens (primary N) is 2. The molecule has 1 aromatic rings. The molecule has 0 spiro atoms. The molecule has 0 aliphatic rings. The second-order valence-corrected chi connectivity index (χ2v) is 5.27. The van der Waals surface area contributed by atoms with Gasteiger partial charge in [0.1, 0.15) is 0 Å². The molecule has 0 heterocycles. The number of hydrogen-bond donors (Lipinski definition) is 3. The SMILES string of the molecule is CC(C)N(CCC(=O)Nc1ccc(C(N)=O)cc1)CC(N)=O. The number of rotatable bonds is 8. The normalized spacial score (nSPS) is 10.7. The van der Waals surface area contributed by atoms with Gasteiger partial charge in [-0.25, -0.2) is 0 Å². The Kier molecular flexibility index (Phi) is 6.52. The highest BCUT2D eigenvalue weighted by Gasteiger charge is 2.14. The third-order valence-corrected chi connectivity index (χ3v) is 3.17. The Bertz CT molecular complexity index is 540. The van der Waals surface area contributed by atoms with Crippen molar-refractivity contribution in [3.05, 3.63) is 29.8 Å². The number of carbonyl (C=O) groups excluding carboxylic acids is 3. The first-order valence-electron chi connectivity index (χ1n) is 7.01. The van der Waals surface area contributed by atoms with Crippen molar-refractivity contribution >= 4 is 23.4 Å². The van der Waals surface area contributed by atoms with E-state index in [0.717, 1.165) is 0 Å². The van der Waals surface area contributed by atoms with Crippen molar-refractivity contribution in [2.24, 2.45) is 11.5 Å². The summed E-state index contributed by atoms with van der Waals surface area (Å²) in [6.07, 6.45) is 0.239. The Morgan fingerprint density at radius 1 is 1.14 bits per heavy atom. The first-order chi connectivity index (χ1) is 10.3. The van der Waals surface area contributed by atoms with Crippen LogP contribution >= 0.6 is 0 Å². The van der Waals surface area contributed by atoms with E-state index in [1.807, 2.05) is 18.7 Å². The number of hydrogen-bond acceptors (Lipinski definition) is 4. The summed E-state index contributed by atoms with van der Waals surface area (Å²) in [5.74, 6) is -1.12. The molecule has 7 nitrogen and oxygen atoms in total. The van der Waals surface area contributed by atoms with Crippen molar-refractivity contribution in [1.29, 1.82) is 0 Å². The van der Waals surface area contributed by atoms with E-state index >= 15 is 0 Å². The second kappa shape index (κ2) is 8.14. The van der Waals surface area contributed by atoms with Gasteiger partial charge in [0, 0.05) is 30.3 Å². The van der Waals surface area contributed by atoms with Gasteiger partial charge in [-0.3, -0.25) is 19.3 Å². The molecule has 1 rings (SSSR count). The standard InChI is InChI=1S/C15H22N4O3/c1-10(2)19(9-13(16)20)8-7-14(21)18-12-5-3-11(4-6-12)15(17)22/h3-6,10H,7-9H2,1-2H3,(H2,16,20)(H2,17,22)(H,18,21). The minimum atomic E-state index is -0.517. The smallest absolute Gasteiger partial charge is 0.248 e. The topological polar surface area (TPSA) is 119 Å². The minimum Gasteiger partial charge on any atom is -0.369 e. The predicted octanol–water partition coefficient (Wildman–Crippen LogP) is 0.310. The van der Waals surface area contributed by atoms with Crippen molar-refractivity contribution in [2.45, 2.75) is 26.3 Å². The first-order valence-corrected chi connectivity index (χ1v) is 7.01. The summed E-state index contributed by atoms with van der Waals surface area (Å²) < 4.78 is 0. The number of anilines is 1. The number of carbonyl (C=O) groups is 3. The summed E-state index contributed by atoms with van der Waals surface area (Å²) in [6.45, 7) is 4.43. The van der Waals surface area contributed by atoms with Crippen LogP contribution in [0.25, 0.3) is 0 Å². The van der Waals surface area contributed by atoms with E-state index in [2.05, 4.69) is 5.32 Å². The summed E-state index contributed by atoms with van der Waals surface area (Å²) in [7, 11) is 0. The van der Waals surface area contributed by atoms with Crippen LogP contribution in [0.4, 0.5) is 5.69 Å². The van der Waals surface area contributed by atoms with E-state index in [1.54, 1.807) is 24.3 Å². The van der Waals surface area contributed by atoms with Gasteiger partial charge in [-0.2, -0.15) is 0 Å². The molecule has 22 heavy (non-hydrogen) atoms. The lowest BCUT2D eigenvalue weighted by molar-refractivity contribution is -0.121. The zero-order chi connectivity index (χ0) is 16.7. The Morgan fingerprint density at radius 2 is 1.73 bits per heavy atom. The summed E-state index contributed by atoms with van der Waals surface area (Å²) in [5.41, 5.74) is 11.3. The van der Waals surface area contributed by atoms with Crippen molar-refractivity contribution in [3.63, 3.8) is 0 Å². The molecule has 0 aliphatic carbocycles. The van der Waals surface area contributed by atoms with E-state index in [1.165, 1.54) is 0 Å². The zero-order valence-electron chi connectivity index (χ0n) is 12.8. The maximum Gasteiger partial charge on any atom is 0.248 e. The van der Waals surface area contributed by atoms with E-state index < -0.39 is 11.8 Å². The van der Waals surface area contributed by atoms with Gasteiger partial charge < -0.3 is 16.8 Å². The largest absolute Gasteiger partial charge is 0.369 e. The average molecular weight is 306 g/mol. The fourth-order valence-corrected chi connectivity index (χ4v) is 1.91. The van der Waals surface area contributed by atoms with Crippen LogP contribution in [0.2, 0.25) is 0 Å². The van der Waals surface area contributed by atoms with Gasteiger partial charge in [-0.1, -0.05) is 0 Å². The molecule has 0 fully saturated rings. The van der Waals surface area contributed by atoms with Gasteiger partial charge in [0.15, 0.2) is 0 Å². The highest BCUT2D eigenvalue weighted by Crippen LogP contribution is 2.10. The van der Waals surface area contributed by atoms with Crippen LogP contribution < -0.4 is 16.8 Å². The quantitative estimate of drug-likeness (QED) is 0.640. The molecule has 0 radical (unpaired) electrons. The molecule has 0 bridgehead atoms. The number of primary amides is 2. The van der Waals surface area contributed by atoms with Crippen LogP contribution in [0.5, 0.6) is 0 Å². The van der Waals surface area contributed by atoms with Gasteiger partial charge in [-0.05, 0) is 38.1 Å². The molecule has 5 N–H and O–H groups in total. The Balaban J connectivity index is 2.51. The molecule has 0 saturated carbocycles. The summed E-state index contributed by atoms with van der Waals surface area (Å²) in [4.78, 5) is 35.7. The second-order valence-electron chi connectivity index (χ2n) is 5.27. The average Bonchev–Trinajstić information content (AvgIpc) is 2.43. The highest BCUT2D eigenvalue weighted by molar-refractivity contribution is 5.94. The minimum absolute atomic E-state index is 0.121. The van der Waals surface area contributed by atoms with Crippen LogP contribution in [-0.2, 0) is 9.59 Å². The van der Waals surface area contributed by atoms with Gasteiger partial charge in [-0.15, -0.1) is 0 Å². The fraction of sp³-hybridized carbons (Fsp3) is 0.400. The van der Waals surface area contributed by atoms with Gasteiger partial charge in [0.25, 0.3) is 0 Å². The molecule has 7 heteroatoms. The predicted molar refractivity (Wildman–Crippen MR) is 84.1 cm³/mol. The fourth-order valence-electron chi connectivity index (χ4n) is 1.91. The number of benzene rings is 1. The molecular weight excluding hydrogens is 284 g/mol. The van der Waals surface area contributed by atoms with Crippen molar-refractivity contribution < 1.29 is 14.4 Å². The van der Waals surface area contributed by atoms with E-state index in [4.69, 9.17) is 11.5 Å². The monoisotopic (exact) mass is 306 g/mol. The van der Waals surface area contributed by atoms with E-state index in [0.29, 0.717) is 17.8 Å². The molecule has 0 unspecified atom stereocenters. The van der Waals surface area contributed by atoms with Crippen molar-refractivity contribution in [3.8, 4) is 0 Å². The van der Waals surface area contributed by atoms with Gasteiger partial charge in [0.05, 0.1) is 6.54 Å². The molecule has 1 aromatic carbocycles. The van der Waals surface area contributed by atoms with Crippen molar-refractivity contribution in [2.75, 3.05) is 18.4 Å². The summed E-state index contributed by atoms with van der Waals surface area (Å²) in [6, 6.07) is 6.44. The number of nitrogens with zero attached hydrogens (tertiary/aromatic N) is 1. The molecular formula is C15H22N4O3. The Labute approximate surface area is 129 Å². The summed E-state index contributed by atoms with van der Waals surface area (Å²) in [5, 5.41) is 2.72. The van der Waals surface area contributed by atoms with Crippen molar-refractivity contribution in [1.82, 2.24) is 4.90 Å². The lowest BCUT2D eigenvalue weighted by Gasteiger charge is -2.24. The molecule has 0 saturated heterocycles. The molecule has 0 aliphatic heterocycles. The number of amides is 3. The molecule has 3 amide bonds. The first kappa shape index (κ1) is 17.6. The maximum atomic E-state index is 11.9. The number of nitrogens with one attached hydrogen (secondary N) is 1. The summed E-state index contributed by atoms with van der Waals surface area (Å²) >= 11 is 0. The van der Waals surface area contributed by atoms with Crippen LogP contribution in [0.1, 0.15) is 30.6 Å². The van der Waals surface area contributed by atoms with Crippen LogP contribution in [0.3, 0.4) is 0 Å². The lowest BCUT2D eigenvalue weighted by Crippen LogP contribution is -2.40. The molecule has 0 aromatic heterocycles. The maximum absolute atomic E-state index is 11.9. The zero-order valence-corrected chi connectivity index (χ0v) is 12.8. The van der Waals surface area contributed by atoms with E-state index in [9.17, 15) is 14.4 Å². The highest BCUT2D eigenvalue weighted by atomic mass is 16.2. The third kappa shape index (κ3) is 5.92. The molecule has 0 atom stereocenters. The van der Waals surface area contributed by atoms with Crippen LogP contribution in [-0.4, -0.2) is 41.8 Å². The molecule has 120 valence electrons. The van der Waals surface area contributed by atoms with E-state index in [-0.39, 0.29) is 24.9 Å². The Hall–Kier alpha value is -2.41. The van der Waals surface area contributed by atoms with Gasteiger partial charge in [0.2, 0.25) is 17.7 Å². The van der Waals surface area contributed by atoms with Crippen LogP contribution in [0, 0.1) is 0 Å². The lowest BCUT2D eigenvalue weighted by atomic mass is 10.2. The van der Waals surface area contributed by atoms with Crippen LogP contribution in [0.15, 0.2) is 24.3 Å². The third-order valence-electron chi connectivity index (χ3n) is 3.17.